The van der Waals surface area contributed by atoms with Gasteiger partial charge in [0.05, 0.1) is 0 Å². The van der Waals surface area contributed by atoms with E-state index in [9.17, 15) is 4.79 Å². The molecule has 0 aliphatic heterocycles. The Morgan fingerprint density at radius 1 is 1.21 bits per heavy atom. The van der Waals surface area contributed by atoms with Crippen LogP contribution in [0, 0.1) is 12.3 Å². The molecule has 0 atom stereocenters. The second-order valence-electron chi connectivity index (χ2n) is 5.08. The van der Waals surface area contributed by atoms with Crippen LogP contribution in [0.3, 0.4) is 0 Å². The molecule has 0 heterocycles. The molecule has 0 unspecified atom stereocenters. The van der Waals surface area contributed by atoms with E-state index in [-0.39, 0.29) is 11.4 Å². The summed E-state index contributed by atoms with van der Waals surface area (Å²) >= 11 is 0. The lowest BCUT2D eigenvalue weighted by Crippen LogP contribution is -2.22. The molecular formula is C14H25NO2S2. The predicted molar refractivity (Wildman–Crippen MR) is 84.0 cm³/mol. The van der Waals surface area contributed by atoms with Crippen molar-refractivity contribution < 1.29 is 9.53 Å². The summed E-state index contributed by atoms with van der Waals surface area (Å²) in [5.74, 6) is 1.65. The van der Waals surface area contributed by atoms with Crippen LogP contribution in [0.25, 0.3) is 0 Å². The van der Waals surface area contributed by atoms with Gasteiger partial charge in [-0.2, -0.15) is 0 Å². The standard InChI is InChI=1S/C14H25NO2S2/c1-14(6-3-2-4-7-14)8-5-13(16)17-10-12-19-18-11-9-15/h1H,2-12,15H2. The van der Waals surface area contributed by atoms with Gasteiger partial charge in [-0.05, 0) is 31.6 Å². The van der Waals surface area contributed by atoms with Gasteiger partial charge in [0.2, 0.25) is 0 Å². The Morgan fingerprint density at radius 3 is 2.58 bits per heavy atom. The van der Waals surface area contributed by atoms with Gasteiger partial charge in [-0.15, -0.1) is 0 Å². The largest absolute Gasteiger partial charge is 0.465 e. The van der Waals surface area contributed by atoms with Crippen LogP contribution < -0.4 is 5.73 Å². The third-order valence-corrected chi connectivity index (χ3v) is 5.79. The van der Waals surface area contributed by atoms with Crippen molar-refractivity contribution in [1.82, 2.24) is 0 Å². The minimum absolute atomic E-state index is 0.111. The van der Waals surface area contributed by atoms with Crippen LogP contribution in [0.4, 0.5) is 0 Å². The Hall–Kier alpha value is 0.130. The highest BCUT2D eigenvalue weighted by Gasteiger charge is 2.27. The van der Waals surface area contributed by atoms with E-state index in [0.717, 1.165) is 30.8 Å². The number of rotatable bonds is 9. The quantitative estimate of drug-likeness (QED) is 0.402. The van der Waals surface area contributed by atoms with E-state index in [2.05, 4.69) is 0 Å². The SMILES string of the molecule is [CH]C1(CCC(=O)OCCSSCCN)CCCCC1. The first-order chi connectivity index (χ1) is 9.16. The summed E-state index contributed by atoms with van der Waals surface area (Å²) in [5.41, 5.74) is 5.26. The van der Waals surface area contributed by atoms with Gasteiger partial charge in [0.25, 0.3) is 0 Å². The molecule has 3 nitrogen and oxygen atoms in total. The summed E-state index contributed by atoms with van der Waals surface area (Å²) in [7, 11) is 3.42. The minimum Gasteiger partial charge on any atom is -0.465 e. The zero-order chi connectivity index (χ0) is 14.0. The lowest BCUT2D eigenvalue weighted by Gasteiger charge is -2.32. The van der Waals surface area contributed by atoms with Gasteiger partial charge in [-0.25, -0.2) is 0 Å². The van der Waals surface area contributed by atoms with Gasteiger partial charge in [-0.3, -0.25) is 4.79 Å². The first kappa shape index (κ1) is 17.2. The molecule has 110 valence electrons. The van der Waals surface area contributed by atoms with E-state index < -0.39 is 0 Å². The normalized spacial score (nSPS) is 18.2. The van der Waals surface area contributed by atoms with Crippen LogP contribution in [-0.4, -0.2) is 30.6 Å². The van der Waals surface area contributed by atoms with Crippen molar-refractivity contribution in [3.8, 4) is 0 Å². The molecule has 1 fully saturated rings. The molecule has 1 rings (SSSR count). The number of hydrogen-bond acceptors (Lipinski definition) is 5. The smallest absolute Gasteiger partial charge is 0.305 e. The number of esters is 1. The maximum absolute atomic E-state index is 11.6. The zero-order valence-corrected chi connectivity index (χ0v) is 13.2. The van der Waals surface area contributed by atoms with E-state index in [1.54, 1.807) is 21.6 Å². The van der Waals surface area contributed by atoms with Gasteiger partial charge in [0, 0.05) is 24.5 Å². The van der Waals surface area contributed by atoms with Crippen LogP contribution in [0.1, 0.15) is 44.9 Å². The molecule has 1 aliphatic rings. The Labute approximate surface area is 125 Å². The maximum atomic E-state index is 11.6. The fraction of sp³-hybridized carbons (Fsp3) is 0.857. The molecule has 5 heteroatoms. The highest BCUT2D eigenvalue weighted by atomic mass is 33.1. The van der Waals surface area contributed by atoms with Crippen LogP contribution in [0.5, 0.6) is 0 Å². The second-order valence-corrected chi connectivity index (χ2v) is 7.78. The van der Waals surface area contributed by atoms with Gasteiger partial charge in [-0.1, -0.05) is 40.9 Å². The number of nitrogens with two attached hydrogens (primary N) is 1. The molecule has 0 saturated heterocycles. The monoisotopic (exact) mass is 303 g/mol. The summed E-state index contributed by atoms with van der Waals surface area (Å²) in [6, 6.07) is 0. The Bertz CT molecular complexity index is 256. The van der Waals surface area contributed by atoms with Crippen molar-refractivity contribution in [3.05, 3.63) is 6.92 Å². The number of ether oxygens (including phenoxy) is 1. The fourth-order valence-electron chi connectivity index (χ4n) is 2.28. The molecule has 2 N–H and O–H groups in total. The van der Waals surface area contributed by atoms with Gasteiger partial charge in [0.1, 0.15) is 6.61 Å². The summed E-state index contributed by atoms with van der Waals surface area (Å²) in [5, 5.41) is 0. The van der Waals surface area contributed by atoms with Crippen LogP contribution >= 0.6 is 21.6 Å². The molecule has 2 radical (unpaired) electrons. The molecule has 0 bridgehead atoms. The number of carbonyl (C=O) groups is 1. The summed E-state index contributed by atoms with van der Waals surface area (Å²) in [4.78, 5) is 11.6. The van der Waals surface area contributed by atoms with Crippen molar-refractivity contribution in [2.24, 2.45) is 11.1 Å². The van der Waals surface area contributed by atoms with Crippen LogP contribution in [0.2, 0.25) is 0 Å². The maximum Gasteiger partial charge on any atom is 0.305 e. The van der Waals surface area contributed by atoms with Gasteiger partial charge >= 0.3 is 5.97 Å². The van der Waals surface area contributed by atoms with E-state index in [1.807, 2.05) is 0 Å². The molecule has 0 aromatic heterocycles. The lowest BCUT2D eigenvalue weighted by molar-refractivity contribution is -0.143. The number of carbonyl (C=O) groups excluding carboxylic acids is 1. The molecule has 0 amide bonds. The fourth-order valence-corrected chi connectivity index (χ4v) is 3.97. The lowest BCUT2D eigenvalue weighted by atomic mass is 9.73. The highest BCUT2D eigenvalue weighted by molar-refractivity contribution is 8.76. The summed E-state index contributed by atoms with van der Waals surface area (Å²) in [6.07, 6.45) is 6.98. The average molecular weight is 303 g/mol. The zero-order valence-electron chi connectivity index (χ0n) is 11.6. The van der Waals surface area contributed by atoms with Crippen molar-refractivity contribution in [2.75, 3.05) is 24.7 Å². The Morgan fingerprint density at radius 2 is 1.89 bits per heavy atom. The molecule has 0 aromatic rings. The topological polar surface area (TPSA) is 52.3 Å². The third-order valence-electron chi connectivity index (χ3n) is 3.39. The van der Waals surface area contributed by atoms with E-state index in [4.69, 9.17) is 17.4 Å². The Kier molecular flexibility index (Phi) is 8.99. The van der Waals surface area contributed by atoms with E-state index >= 15 is 0 Å². The predicted octanol–water partition coefficient (Wildman–Crippen LogP) is 3.31. The molecular weight excluding hydrogens is 278 g/mol. The third kappa shape index (κ3) is 8.10. The van der Waals surface area contributed by atoms with E-state index in [1.165, 1.54) is 19.3 Å². The molecule has 19 heavy (non-hydrogen) atoms. The highest BCUT2D eigenvalue weighted by Crippen LogP contribution is 2.39. The van der Waals surface area contributed by atoms with Gasteiger partial charge < -0.3 is 10.5 Å². The van der Waals surface area contributed by atoms with Crippen molar-refractivity contribution in [1.29, 1.82) is 0 Å². The van der Waals surface area contributed by atoms with Crippen LogP contribution in [-0.2, 0) is 9.53 Å². The molecule has 0 aromatic carbocycles. The van der Waals surface area contributed by atoms with Crippen LogP contribution in [0.15, 0.2) is 0 Å². The van der Waals surface area contributed by atoms with E-state index in [0.29, 0.717) is 19.6 Å². The summed E-state index contributed by atoms with van der Waals surface area (Å²) < 4.78 is 5.20. The van der Waals surface area contributed by atoms with Gasteiger partial charge in [0.15, 0.2) is 0 Å². The number of hydrogen-bond donors (Lipinski definition) is 1. The van der Waals surface area contributed by atoms with Crippen molar-refractivity contribution in [2.45, 2.75) is 44.9 Å². The molecule has 0 spiro atoms. The second kappa shape index (κ2) is 9.94. The Balaban J connectivity index is 2.01. The molecule has 1 saturated carbocycles. The average Bonchev–Trinajstić information content (AvgIpc) is 2.41. The molecule has 1 aliphatic carbocycles. The van der Waals surface area contributed by atoms with Crippen molar-refractivity contribution in [3.63, 3.8) is 0 Å². The van der Waals surface area contributed by atoms with Crippen molar-refractivity contribution >= 4 is 27.6 Å². The first-order valence-electron chi connectivity index (χ1n) is 7.05. The minimum atomic E-state index is -0.122. The summed E-state index contributed by atoms with van der Waals surface area (Å²) in [6.45, 7) is 7.47. The first-order valence-corrected chi connectivity index (χ1v) is 9.54.